The highest BCUT2D eigenvalue weighted by atomic mass is 32.1. The van der Waals surface area contributed by atoms with Crippen molar-refractivity contribution in [3.05, 3.63) is 47.5 Å². The van der Waals surface area contributed by atoms with E-state index in [-0.39, 0.29) is 12.2 Å². The van der Waals surface area contributed by atoms with Gasteiger partial charge in [0.05, 0.1) is 5.92 Å². The van der Waals surface area contributed by atoms with Crippen molar-refractivity contribution in [3.63, 3.8) is 0 Å². The topological polar surface area (TPSA) is 54.4 Å². The molecule has 1 atom stereocenters. The molecule has 0 aliphatic carbocycles. The largest absolute Gasteiger partial charge is 0.481 e. The van der Waals surface area contributed by atoms with Crippen LogP contribution in [0, 0.1) is 12.8 Å². The lowest BCUT2D eigenvalue weighted by atomic mass is 9.97. The Morgan fingerprint density at radius 3 is 2.64 bits per heavy atom. The summed E-state index contributed by atoms with van der Waals surface area (Å²) in [6, 6.07) is 11.9. The fourth-order valence-electron chi connectivity index (χ4n) is 2.64. The van der Waals surface area contributed by atoms with Gasteiger partial charge >= 0.3 is 5.97 Å². The maximum absolute atomic E-state index is 12.4. The highest BCUT2D eigenvalue weighted by molar-refractivity contribution is 7.26. The molecular formula is C18H16O3S. The molecule has 1 aromatic heterocycles. The second kappa shape index (κ2) is 5.54. The number of carbonyl (C=O) groups excluding carboxylic acids is 1. The maximum atomic E-state index is 12.4. The van der Waals surface area contributed by atoms with Crippen molar-refractivity contribution in [3.8, 4) is 0 Å². The van der Waals surface area contributed by atoms with Gasteiger partial charge in [-0.1, -0.05) is 25.1 Å². The van der Waals surface area contributed by atoms with Crippen molar-refractivity contribution in [2.24, 2.45) is 5.92 Å². The molecule has 3 nitrogen and oxygen atoms in total. The molecule has 0 fully saturated rings. The van der Waals surface area contributed by atoms with Crippen LogP contribution in [-0.4, -0.2) is 16.9 Å². The fraction of sp³-hybridized carbons (Fsp3) is 0.222. The minimum absolute atomic E-state index is 0.0301. The second-order valence-corrected chi connectivity index (χ2v) is 6.69. The van der Waals surface area contributed by atoms with Crippen molar-refractivity contribution in [1.82, 2.24) is 0 Å². The summed E-state index contributed by atoms with van der Waals surface area (Å²) in [5.41, 5.74) is 1.66. The van der Waals surface area contributed by atoms with E-state index in [4.69, 9.17) is 5.11 Å². The monoisotopic (exact) mass is 312 g/mol. The summed E-state index contributed by atoms with van der Waals surface area (Å²) < 4.78 is 2.38. The van der Waals surface area contributed by atoms with E-state index in [0.717, 1.165) is 16.3 Å². The summed E-state index contributed by atoms with van der Waals surface area (Å²) in [4.78, 5) is 23.3. The normalized spacial score (nSPS) is 12.6. The molecule has 0 saturated carbocycles. The van der Waals surface area contributed by atoms with Crippen LogP contribution in [0.2, 0.25) is 0 Å². The number of fused-ring (bicyclic) bond motifs is 3. The lowest BCUT2D eigenvalue weighted by Crippen LogP contribution is -2.14. The Morgan fingerprint density at radius 1 is 1.18 bits per heavy atom. The lowest BCUT2D eigenvalue weighted by molar-refractivity contribution is -0.141. The smallest absolute Gasteiger partial charge is 0.306 e. The van der Waals surface area contributed by atoms with Crippen molar-refractivity contribution >= 4 is 43.3 Å². The average Bonchev–Trinajstić information content (AvgIpc) is 2.86. The Balaban J connectivity index is 2.10. The Hall–Kier alpha value is -2.20. The number of ketones is 1. The van der Waals surface area contributed by atoms with Gasteiger partial charge in [0.2, 0.25) is 0 Å². The summed E-state index contributed by atoms with van der Waals surface area (Å²) in [5, 5.41) is 11.2. The van der Waals surface area contributed by atoms with Crippen molar-refractivity contribution in [2.75, 3.05) is 0 Å². The lowest BCUT2D eigenvalue weighted by Gasteiger charge is -2.07. The summed E-state index contributed by atoms with van der Waals surface area (Å²) >= 11 is 1.72. The van der Waals surface area contributed by atoms with E-state index in [9.17, 15) is 9.59 Å². The number of benzene rings is 2. The molecule has 0 aliphatic rings. The summed E-state index contributed by atoms with van der Waals surface area (Å²) in [7, 11) is 0. The van der Waals surface area contributed by atoms with E-state index in [0.29, 0.717) is 5.56 Å². The second-order valence-electron chi connectivity index (χ2n) is 5.63. The molecule has 0 radical (unpaired) electrons. The Bertz CT molecular complexity index is 892. The van der Waals surface area contributed by atoms with Crippen LogP contribution in [0.1, 0.15) is 29.3 Å². The van der Waals surface area contributed by atoms with Crippen LogP contribution in [0.4, 0.5) is 0 Å². The predicted molar refractivity (Wildman–Crippen MR) is 89.8 cm³/mol. The van der Waals surface area contributed by atoms with Gasteiger partial charge in [-0.2, -0.15) is 0 Å². The summed E-state index contributed by atoms with van der Waals surface area (Å²) in [6.45, 7) is 3.56. The zero-order valence-electron chi connectivity index (χ0n) is 12.4. The number of Topliss-reactive ketones (excluding diaryl/α,β-unsaturated/α-hetero) is 1. The number of rotatable bonds is 4. The molecule has 0 amide bonds. The molecule has 1 heterocycles. The van der Waals surface area contributed by atoms with E-state index >= 15 is 0 Å². The summed E-state index contributed by atoms with van der Waals surface area (Å²) in [5.74, 6) is -1.72. The number of hydrogen-bond acceptors (Lipinski definition) is 3. The molecule has 0 aliphatic heterocycles. The zero-order valence-corrected chi connectivity index (χ0v) is 13.2. The van der Waals surface area contributed by atoms with Crippen molar-refractivity contribution < 1.29 is 14.7 Å². The minimum atomic E-state index is -0.938. The third-order valence-corrected chi connectivity index (χ3v) is 5.22. The molecule has 112 valence electrons. The Labute approximate surface area is 132 Å². The fourth-order valence-corrected chi connectivity index (χ4v) is 3.80. The first-order chi connectivity index (χ1) is 10.5. The minimum Gasteiger partial charge on any atom is -0.481 e. The van der Waals surface area contributed by atoms with Gasteiger partial charge in [0.1, 0.15) is 0 Å². The van der Waals surface area contributed by atoms with Gasteiger partial charge < -0.3 is 5.11 Å². The van der Waals surface area contributed by atoms with E-state index in [1.54, 1.807) is 18.3 Å². The molecular weight excluding hydrogens is 296 g/mol. The molecule has 22 heavy (non-hydrogen) atoms. The van der Waals surface area contributed by atoms with Gasteiger partial charge in [0.15, 0.2) is 5.78 Å². The summed E-state index contributed by atoms with van der Waals surface area (Å²) in [6.07, 6.45) is 0.0301. The van der Waals surface area contributed by atoms with Crippen molar-refractivity contribution in [1.29, 1.82) is 0 Å². The molecule has 4 heteroatoms. The molecule has 3 aromatic rings. The number of carboxylic acid groups (broad SMARTS) is 1. The van der Waals surface area contributed by atoms with Crippen LogP contribution in [0.3, 0.4) is 0 Å². The molecule has 0 spiro atoms. The van der Waals surface area contributed by atoms with Crippen LogP contribution >= 0.6 is 11.3 Å². The average molecular weight is 312 g/mol. The molecule has 3 rings (SSSR count). The number of carboxylic acids is 1. The van der Waals surface area contributed by atoms with Crippen LogP contribution in [-0.2, 0) is 4.79 Å². The van der Waals surface area contributed by atoms with Gasteiger partial charge in [-0.3, -0.25) is 9.59 Å². The van der Waals surface area contributed by atoms with Crippen LogP contribution < -0.4 is 0 Å². The number of carbonyl (C=O) groups is 2. The van der Waals surface area contributed by atoms with Gasteiger partial charge in [-0.25, -0.2) is 0 Å². The Kier molecular flexibility index (Phi) is 3.71. The van der Waals surface area contributed by atoms with E-state index < -0.39 is 11.9 Å². The maximum Gasteiger partial charge on any atom is 0.306 e. The third kappa shape index (κ3) is 2.50. The molecule has 2 aromatic carbocycles. The quantitative estimate of drug-likeness (QED) is 0.713. The first kappa shape index (κ1) is 14.7. The third-order valence-electron chi connectivity index (χ3n) is 3.90. The number of aryl methyl sites for hydroxylation is 1. The SMILES string of the molecule is Cc1cc(C(=O)CC(C)C(=O)O)cc2c1sc1ccccc12. The van der Waals surface area contributed by atoms with E-state index in [1.165, 1.54) is 9.40 Å². The highest BCUT2D eigenvalue weighted by Gasteiger charge is 2.18. The van der Waals surface area contributed by atoms with Gasteiger partial charge in [0.25, 0.3) is 0 Å². The molecule has 0 bridgehead atoms. The van der Waals surface area contributed by atoms with Gasteiger partial charge in [-0.15, -0.1) is 11.3 Å². The number of hydrogen-bond donors (Lipinski definition) is 1. The number of aliphatic carboxylic acids is 1. The molecule has 1 unspecified atom stereocenters. The molecule has 0 saturated heterocycles. The van der Waals surface area contributed by atoms with Crippen LogP contribution in [0.15, 0.2) is 36.4 Å². The van der Waals surface area contributed by atoms with Gasteiger partial charge in [0, 0.05) is 32.2 Å². The Morgan fingerprint density at radius 2 is 1.91 bits per heavy atom. The zero-order chi connectivity index (χ0) is 15.9. The predicted octanol–water partition coefficient (Wildman–Crippen LogP) is 4.66. The standard InChI is InChI=1S/C18H16O3S/c1-10-7-12(15(19)8-11(2)18(20)21)9-14-13-5-3-4-6-16(13)22-17(10)14/h3-7,9,11H,8H2,1-2H3,(H,20,21). The van der Waals surface area contributed by atoms with E-state index in [2.05, 4.69) is 12.1 Å². The van der Waals surface area contributed by atoms with Crippen LogP contribution in [0.5, 0.6) is 0 Å². The van der Waals surface area contributed by atoms with Gasteiger partial charge in [-0.05, 0) is 30.7 Å². The first-order valence-electron chi connectivity index (χ1n) is 7.15. The highest BCUT2D eigenvalue weighted by Crippen LogP contribution is 2.36. The first-order valence-corrected chi connectivity index (χ1v) is 7.97. The number of thiophene rings is 1. The van der Waals surface area contributed by atoms with Crippen molar-refractivity contribution in [2.45, 2.75) is 20.3 Å². The van der Waals surface area contributed by atoms with E-state index in [1.807, 2.05) is 31.2 Å². The molecule has 1 N–H and O–H groups in total. The van der Waals surface area contributed by atoms with Crippen LogP contribution in [0.25, 0.3) is 20.2 Å².